The molecule has 0 N–H and O–H groups in total. The first-order valence-corrected chi connectivity index (χ1v) is 5.29. The SMILES string of the molecule is C=CCCn1cnc2cc(C)ccc2c1=O. The lowest BCUT2D eigenvalue weighted by Crippen LogP contribution is -2.20. The predicted octanol–water partition coefficient (Wildman–Crippen LogP) is 2.28. The highest BCUT2D eigenvalue weighted by Gasteiger charge is 2.02. The molecule has 1 aromatic heterocycles. The van der Waals surface area contributed by atoms with Crippen LogP contribution in [0.3, 0.4) is 0 Å². The lowest BCUT2D eigenvalue weighted by atomic mass is 10.2. The third-order valence-electron chi connectivity index (χ3n) is 2.55. The quantitative estimate of drug-likeness (QED) is 0.735. The van der Waals surface area contributed by atoms with Gasteiger partial charge in [0.1, 0.15) is 0 Å². The standard InChI is InChI=1S/C13H14N2O/c1-3-4-7-15-9-14-12-8-10(2)5-6-11(12)13(15)16/h3,5-6,8-9H,1,4,7H2,2H3. The van der Waals surface area contributed by atoms with Gasteiger partial charge < -0.3 is 0 Å². The molecule has 2 aromatic rings. The van der Waals surface area contributed by atoms with Crippen molar-refractivity contribution in [3.05, 3.63) is 53.1 Å². The Kier molecular flexibility index (Phi) is 2.86. The van der Waals surface area contributed by atoms with Crippen LogP contribution in [0.1, 0.15) is 12.0 Å². The number of fused-ring (bicyclic) bond motifs is 1. The van der Waals surface area contributed by atoms with E-state index >= 15 is 0 Å². The van der Waals surface area contributed by atoms with E-state index < -0.39 is 0 Å². The van der Waals surface area contributed by atoms with E-state index in [1.807, 2.05) is 25.1 Å². The molecule has 0 fully saturated rings. The average Bonchev–Trinajstić information content (AvgIpc) is 2.28. The summed E-state index contributed by atoms with van der Waals surface area (Å²) in [5.74, 6) is 0. The van der Waals surface area contributed by atoms with Crippen molar-refractivity contribution in [1.29, 1.82) is 0 Å². The van der Waals surface area contributed by atoms with E-state index in [-0.39, 0.29) is 5.56 Å². The molecule has 0 amide bonds. The molecule has 0 aliphatic heterocycles. The number of hydrogen-bond donors (Lipinski definition) is 0. The minimum Gasteiger partial charge on any atom is -0.298 e. The Morgan fingerprint density at radius 1 is 1.50 bits per heavy atom. The maximum atomic E-state index is 12.0. The summed E-state index contributed by atoms with van der Waals surface area (Å²) in [6.07, 6.45) is 4.18. The molecule has 0 aliphatic carbocycles. The van der Waals surface area contributed by atoms with Crippen LogP contribution in [0.15, 0.2) is 42.0 Å². The summed E-state index contributed by atoms with van der Waals surface area (Å²) < 4.78 is 1.62. The summed E-state index contributed by atoms with van der Waals surface area (Å²) in [5, 5.41) is 0.678. The van der Waals surface area contributed by atoms with Crippen molar-refractivity contribution in [1.82, 2.24) is 9.55 Å². The van der Waals surface area contributed by atoms with Crippen LogP contribution in [0.5, 0.6) is 0 Å². The van der Waals surface area contributed by atoms with Gasteiger partial charge in [0.05, 0.1) is 17.2 Å². The Bertz CT molecular complexity index is 584. The van der Waals surface area contributed by atoms with Gasteiger partial charge in [-0.1, -0.05) is 12.1 Å². The summed E-state index contributed by atoms with van der Waals surface area (Å²) >= 11 is 0. The molecule has 1 aromatic carbocycles. The Balaban J connectivity index is 2.56. The average molecular weight is 214 g/mol. The zero-order chi connectivity index (χ0) is 11.5. The highest BCUT2D eigenvalue weighted by Crippen LogP contribution is 2.08. The third-order valence-corrected chi connectivity index (χ3v) is 2.55. The second-order valence-corrected chi connectivity index (χ2v) is 3.84. The molecule has 0 unspecified atom stereocenters. The van der Waals surface area contributed by atoms with E-state index in [1.54, 1.807) is 17.0 Å². The molecule has 0 radical (unpaired) electrons. The van der Waals surface area contributed by atoms with Gasteiger partial charge in [-0.25, -0.2) is 4.98 Å². The molecule has 0 aliphatic rings. The molecule has 0 spiro atoms. The van der Waals surface area contributed by atoms with E-state index in [2.05, 4.69) is 11.6 Å². The molecule has 16 heavy (non-hydrogen) atoms. The van der Waals surface area contributed by atoms with Gasteiger partial charge in [-0.3, -0.25) is 9.36 Å². The van der Waals surface area contributed by atoms with Crippen LogP contribution < -0.4 is 5.56 Å². The highest BCUT2D eigenvalue weighted by atomic mass is 16.1. The Hall–Kier alpha value is -1.90. The maximum absolute atomic E-state index is 12.0. The maximum Gasteiger partial charge on any atom is 0.261 e. The summed E-state index contributed by atoms with van der Waals surface area (Å²) in [6, 6.07) is 5.70. The summed E-state index contributed by atoms with van der Waals surface area (Å²) in [5.41, 5.74) is 1.90. The summed E-state index contributed by atoms with van der Waals surface area (Å²) in [4.78, 5) is 16.3. The van der Waals surface area contributed by atoms with Crippen molar-refractivity contribution in [2.45, 2.75) is 19.9 Å². The van der Waals surface area contributed by atoms with Crippen LogP contribution in [0.25, 0.3) is 10.9 Å². The molecular weight excluding hydrogens is 200 g/mol. The van der Waals surface area contributed by atoms with Crippen LogP contribution >= 0.6 is 0 Å². The first-order valence-electron chi connectivity index (χ1n) is 5.29. The summed E-state index contributed by atoms with van der Waals surface area (Å²) in [6.45, 7) is 6.27. The van der Waals surface area contributed by atoms with Crippen LogP contribution in [0, 0.1) is 6.92 Å². The molecule has 3 heteroatoms. The van der Waals surface area contributed by atoms with Crippen LogP contribution in [0.4, 0.5) is 0 Å². The van der Waals surface area contributed by atoms with E-state index in [1.165, 1.54) is 0 Å². The number of nitrogens with zero attached hydrogens (tertiary/aromatic N) is 2. The van der Waals surface area contributed by atoms with E-state index in [0.717, 1.165) is 17.5 Å². The van der Waals surface area contributed by atoms with Crippen molar-refractivity contribution in [2.24, 2.45) is 0 Å². The van der Waals surface area contributed by atoms with Crippen molar-refractivity contribution in [3.63, 3.8) is 0 Å². The number of benzene rings is 1. The minimum atomic E-state index is 0.0202. The van der Waals surface area contributed by atoms with Crippen molar-refractivity contribution < 1.29 is 0 Å². The first kappa shape index (κ1) is 10.6. The third kappa shape index (κ3) is 1.89. The van der Waals surface area contributed by atoms with Crippen LogP contribution in [-0.4, -0.2) is 9.55 Å². The molecule has 0 saturated heterocycles. The van der Waals surface area contributed by atoms with Gasteiger partial charge in [0.25, 0.3) is 5.56 Å². The molecule has 0 saturated carbocycles. The highest BCUT2D eigenvalue weighted by molar-refractivity contribution is 5.77. The van der Waals surface area contributed by atoms with Crippen LogP contribution in [-0.2, 0) is 6.54 Å². The number of allylic oxidation sites excluding steroid dienone is 1. The molecule has 82 valence electrons. The first-order chi connectivity index (χ1) is 7.72. The van der Waals surface area contributed by atoms with Crippen molar-refractivity contribution in [3.8, 4) is 0 Å². The number of aryl methyl sites for hydroxylation is 2. The Morgan fingerprint density at radius 3 is 3.06 bits per heavy atom. The normalized spacial score (nSPS) is 10.6. The van der Waals surface area contributed by atoms with Crippen molar-refractivity contribution >= 4 is 10.9 Å². The lowest BCUT2D eigenvalue weighted by Gasteiger charge is -2.05. The smallest absolute Gasteiger partial charge is 0.261 e. The zero-order valence-electron chi connectivity index (χ0n) is 9.31. The van der Waals surface area contributed by atoms with Crippen LogP contribution in [0.2, 0.25) is 0 Å². The Morgan fingerprint density at radius 2 is 2.31 bits per heavy atom. The molecule has 2 rings (SSSR count). The molecular formula is C13H14N2O. The van der Waals surface area contributed by atoms with Gasteiger partial charge in [0.15, 0.2) is 0 Å². The van der Waals surface area contributed by atoms with E-state index in [4.69, 9.17) is 0 Å². The van der Waals surface area contributed by atoms with Gasteiger partial charge in [-0.2, -0.15) is 0 Å². The lowest BCUT2D eigenvalue weighted by molar-refractivity contribution is 0.674. The number of rotatable bonds is 3. The van der Waals surface area contributed by atoms with E-state index in [9.17, 15) is 4.79 Å². The molecule has 3 nitrogen and oxygen atoms in total. The van der Waals surface area contributed by atoms with Gasteiger partial charge in [0.2, 0.25) is 0 Å². The van der Waals surface area contributed by atoms with Crippen molar-refractivity contribution in [2.75, 3.05) is 0 Å². The fourth-order valence-corrected chi connectivity index (χ4v) is 1.66. The van der Waals surface area contributed by atoms with Gasteiger partial charge >= 0.3 is 0 Å². The molecule has 1 heterocycles. The Labute approximate surface area is 94.1 Å². The second kappa shape index (κ2) is 4.31. The predicted molar refractivity (Wildman–Crippen MR) is 65.6 cm³/mol. The number of aromatic nitrogens is 2. The largest absolute Gasteiger partial charge is 0.298 e. The fourth-order valence-electron chi connectivity index (χ4n) is 1.66. The molecule has 0 atom stereocenters. The second-order valence-electron chi connectivity index (χ2n) is 3.84. The minimum absolute atomic E-state index is 0.0202. The van der Waals surface area contributed by atoms with E-state index in [0.29, 0.717) is 11.9 Å². The summed E-state index contributed by atoms with van der Waals surface area (Å²) in [7, 11) is 0. The monoisotopic (exact) mass is 214 g/mol. The van der Waals surface area contributed by atoms with Gasteiger partial charge in [-0.05, 0) is 31.0 Å². The fraction of sp³-hybridized carbons (Fsp3) is 0.231. The zero-order valence-corrected chi connectivity index (χ0v) is 9.31. The van der Waals surface area contributed by atoms with Gasteiger partial charge in [0, 0.05) is 6.54 Å². The number of hydrogen-bond acceptors (Lipinski definition) is 2. The van der Waals surface area contributed by atoms with Gasteiger partial charge in [-0.15, -0.1) is 6.58 Å². The molecule has 0 bridgehead atoms. The topological polar surface area (TPSA) is 34.9 Å².